The molecule has 1 aliphatic heterocycles. The molecule has 16 heavy (non-hydrogen) atoms. The van der Waals surface area contributed by atoms with E-state index in [0.717, 1.165) is 18.3 Å². The highest BCUT2D eigenvalue weighted by atomic mass is 16.7. The van der Waals surface area contributed by atoms with E-state index in [-0.39, 0.29) is 12.2 Å². The first-order valence-electron chi connectivity index (χ1n) is 5.55. The minimum atomic E-state index is -0.417. The van der Waals surface area contributed by atoms with Gasteiger partial charge in [0.1, 0.15) is 0 Å². The summed E-state index contributed by atoms with van der Waals surface area (Å²) in [5, 5.41) is 0. The Morgan fingerprint density at radius 3 is 2.44 bits per heavy atom. The van der Waals surface area contributed by atoms with Crippen LogP contribution in [0.4, 0.5) is 0 Å². The van der Waals surface area contributed by atoms with Gasteiger partial charge < -0.3 is 9.47 Å². The van der Waals surface area contributed by atoms with Gasteiger partial charge in [-0.15, -0.1) is 0 Å². The Morgan fingerprint density at radius 1 is 1.19 bits per heavy atom. The van der Waals surface area contributed by atoms with Crippen molar-refractivity contribution >= 4 is 6.29 Å². The maximum Gasteiger partial charge on any atom is 0.185 e. The lowest BCUT2D eigenvalue weighted by Crippen LogP contribution is -2.30. The van der Waals surface area contributed by atoms with E-state index in [1.807, 2.05) is 32.0 Å². The molecule has 0 aliphatic carbocycles. The minimum absolute atomic E-state index is 0.161. The van der Waals surface area contributed by atoms with Crippen molar-refractivity contribution in [2.45, 2.75) is 38.8 Å². The maximum atomic E-state index is 10.9. The van der Waals surface area contributed by atoms with E-state index < -0.39 is 6.29 Å². The molecule has 1 aromatic carbocycles. The average molecular weight is 220 g/mol. The molecule has 0 amide bonds. The molecule has 1 aromatic rings. The molecule has 1 heterocycles. The predicted octanol–water partition coefficient (Wildman–Crippen LogP) is 2.71. The lowest BCUT2D eigenvalue weighted by Gasteiger charge is -2.33. The van der Waals surface area contributed by atoms with Crippen molar-refractivity contribution in [3.63, 3.8) is 0 Å². The lowest BCUT2D eigenvalue weighted by atomic mass is 10.1. The second-order valence-corrected chi connectivity index (χ2v) is 4.21. The van der Waals surface area contributed by atoms with Crippen LogP contribution in [0.15, 0.2) is 24.3 Å². The van der Waals surface area contributed by atoms with Gasteiger partial charge in [0.2, 0.25) is 0 Å². The van der Waals surface area contributed by atoms with Crippen LogP contribution in [0.1, 0.15) is 42.5 Å². The molecule has 1 fully saturated rings. The van der Waals surface area contributed by atoms with Crippen LogP contribution < -0.4 is 0 Å². The van der Waals surface area contributed by atoms with Crippen LogP contribution in [0.2, 0.25) is 0 Å². The number of carbonyl (C=O) groups is 1. The van der Waals surface area contributed by atoms with Crippen LogP contribution in [0.5, 0.6) is 0 Å². The number of carbonyl (C=O) groups excluding carboxylic acids is 1. The molecule has 0 N–H and O–H groups in total. The maximum absolute atomic E-state index is 10.9. The van der Waals surface area contributed by atoms with Crippen LogP contribution >= 0.6 is 0 Å². The van der Waals surface area contributed by atoms with Crippen LogP contribution in [0.3, 0.4) is 0 Å². The smallest absolute Gasteiger partial charge is 0.185 e. The third kappa shape index (κ3) is 2.31. The van der Waals surface area contributed by atoms with Crippen molar-refractivity contribution in [2.75, 3.05) is 0 Å². The summed E-state index contributed by atoms with van der Waals surface area (Å²) in [6.45, 7) is 4.05. The number of hydrogen-bond acceptors (Lipinski definition) is 3. The summed E-state index contributed by atoms with van der Waals surface area (Å²) in [4.78, 5) is 10.9. The van der Waals surface area contributed by atoms with Crippen molar-refractivity contribution in [3.8, 4) is 0 Å². The Kier molecular flexibility index (Phi) is 3.36. The molecule has 0 bridgehead atoms. The Hall–Kier alpha value is -1.19. The van der Waals surface area contributed by atoms with Crippen molar-refractivity contribution < 1.29 is 14.3 Å². The molecule has 86 valence electrons. The zero-order valence-corrected chi connectivity index (χ0v) is 9.55. The van der Waals surface area contributed by atoms with E-state index in [0.29, 0.717) is 5.56 Å². The van der Waals surface area contributed by atoms with Crippen molar-refractivity contribution in [2.24, 2.45) is 0 Å². The van der Waals surface area contributed by atoms with Gasteiger partial charge in [0.25, 0.3) is 0 Å². The molecule has 3 nitrogen and oxygen atoms in total. The fraction of sp³-hybridized carbons (Fsp3) is 0.462. The molecular formula is C13H16O3. The van der Waals surface area contributed by atoms with E-state index in [2.05, 4.69) is 0 Å². The van der Waals surface area contributed by atoms with Crippen molar-refractivity contribution in [1.29, 1.82) is 0 Å². The summed E-state index contributed by atoms with van der Waals surface area (Å²) in [7, 11) is 0. The first-order valence-corrected chi connectivity index (χ1v) is 5.55. The van der Waals surface area contributed by atoms with Crippen LogP contribution in [0.25, 0.3) is 0 Å². The monoisotopic (exact) mass is 220 g/mol. The second-order valence-electron chi connectivity index (χ2n) is 4.21. The molecule has 1 aliphatic rings. The van der Waals surface area contributed by atoms with Gasteiger partial charge in [-0.1, -0.05) is 24.3 Å². The topological polar surface area (TPSA) is 35.5 Å². The molecule has 1 saturated heterocycles. The fourth-order valence-electron chi connectivity index (χ4n) is 2.01. The largest absolute Gasteiger partial charge is 0.345 e. The predicted molar refractivity (Wildman–Crippen MR) is 60.3 cm³/mol. The zero-order valence-electron chi connectivity index (χ0n) is 9.55. The van der Waals surface area contributed by atoms with Gasteiger partial charge in [0.05, 0.1) is 12.2 Å². The van der Waals surface area contributed by atoms with Gasteiger partial charge in [-0.3, -0.25) is 4.79 Å². The standard InChI is InChI=1S/C13H16O3/c1-9-7-10(2)16-13(15-9)12-6-4-3-5-11(12)8-14/h3-6,8-10,13H,7H2,1-2H3/t9-,10-/m0/s1. The summed E-state index contributed by atoms with van der Waals surface area (Å²) < 4.78 is 11.4. The highest BCUT2D eigenvalue weighted by molar-refractivity contribution is 5.77. The summed E-state index contributed by atoms with van der Waals surface area (Å²) in [5.41, 5.74) is 1.45. The van der Waals surface area contributed by atoms with Crippen LogP contribution in [-0.2, 0) is 9.47 Å². The van der Waals surface area contributed by atoms with E-state index >= 15 is 0 Å². The molecule has 0 aromatic heterocycles. The fourth-order valence-corrected chi connectivity index (χ4v) is 2.01. The van der Waals surface area contributed by atoms with E-state index in [1.165, 1.54) is 0 Å². The van der Waals surface area contributed by atoms with Crippen molar-refractivity contribution in [3.05, 3.63) is 35.4 Å². The van der Waals surface area contributed by atoms with Gasteiger partial charge in [-0.2, -0.15) is 0 Å². The van der Waals surface area contributed by atoms with Gasteiger partial charge >= 0.3 is 0 Å². The third-order valence-corrected chi connectivity index (χ3v) is 2.75. The van der Waals surface area contributed by atoms with Gasteiger partial charge in [-0.05, 0) is 20.3 Å². The van der Waals surface area contributed by atoms with Gasteiger partial charge in [0.15, 0.2) is 12.6 Å². The lowest BCUT2D eigenvalue weighted by molar-refractivity contribution is -0.239. The van der Waals surface area contributed by atoms with Crippen LogP contribution in [-0.4, -0.2) is 18.5 Å². The Labute approximate surface area is 95.4 Å². The average Bonchev–Trinajstić information content (AvgIpc) is 2.27. The second kappa shape index (κ2) is 4.76. The quantitative estimate of drug-likeness (QED) is 0.719. The van der Waals surface area contributed by atoms with Gasteiger partial charge in [0, 0.05) is 11.1 Å². The molecule has 0 unspecified atom stereocenters. The summed E-state index contributed by atoms with van der Waals surface area (Å²) in [6.07, 6.45) is 1.63. The molecule has 2 rings (SSSR count). The molecule has 0 spiro atoms. The number of ether oxygens (including phenoxy) is 2. The molecule has 0 saturated carbocycles. The molecular weight excluding hydrogens is 204 g/mol. The first kappa shape index (κ1) is 11.3. The Morgan fingerprint density at radius 2 is 1.81 bits per heavy atom. The Balaban J connectivity index is 2.25. The van der Waals surface area contributed by atoms with Crippen molar-refractivity contribution in [1.82, 2.24) is 0 Å². The molecule has 3 heteroatoms. The molecule has 0 radical (unpaired) electrons. The van der Waals surface area contributed by atoms with E-state index in [9.17, 15) is 4.79 Å². The number of hydrogen-bond donors (Lipinski definition) is 0. The highest BCUT2D eigenvalue weighted by Crippen LogP contribution is 2.30. The van der Waals surface area contributed by atoms with E-state index in [1.54, 1.807) is 6.07 Å². The first-order chi connectivity index (χ1) is 7.70. The van der Waals surface area contributed by atoms with Crippen LogP contribution in [0, 0.1) is 0 Å². The number of aldehydes is 1. The molecule has 2 atom stereocenters. The minimum Gasteiger partial charge on any atom is -0.345 e. The SMILES string of the molecule is C[C@H]1C[C@H](C)OC(c2ccccc2C=O)O1. The summed E-state index contributed by atoms with van der Waals surface area (Å²) in [5.74, 6) is 0. The summed E-state index contributed by atoms with van der Waals surface area (Å²) in [6, 6.07) is 7.38. The van der Waals surface area contributed by atoms with Gasteiger partial charge in [-0.25, -0.2) is 0 Å². The highest BCUT2D eigenvalue weighted by Gasteiger charge is 2.27. The summed E-state index contributed by atoms with van der Waals surface area (Å²) >= 11 is 0. The third-order valence-electron chi connectivity index (χ3n) is 2.75. The number of rotatable bonds is 2. The Bertz CT molecular complexity index is 365. The normalized spacial score (nSPS) is 30.0. The number of benzene rings is 1. The zero-order chi connectivity index (χ0) is 11.5. The van der Waals surface area contributed by atoms with E-state index in [4.69, 9.17) is 9.47 Å².